The fourth-order valence-corrected chi connectivity index (χ4v) is 14.2. The molecule has 0 radical (unpaired) electrons. The van der Waals surface area contributed by atoms with Gasteiger partial charge in [0.15, 0.2) is 25.0 Å². The third-order valence-electron chi connectivity index (χ3n) is 6.09. The topological polar surface area (TPSA) is 27.7 Å². The summed E-state index contributed by atoms with van der Waals surface area (Å²) in [4.78, 5) is 0. The van der Waals surface area contributed by atoms with Gasteiger partial charge in [-0.1, -0.05) is 54.1 Å². The first-order valence-electron chi connectivity index (χ1n) is 14.5. The van der Waals surface area contributed by atoms with Gasteiger partial charge in [0, 0.05) is 33.9 Å². The largest absolute Gasteiger partial charge is 0.415 e. The van der Waals surface area contributed by atoms with Crippen LogP contribution in [-0.2, 0) is 13.3 Å². The summed E-state index contributed by atoms with van der Waals surface area (Å²) in [6.07, 6.45) is 9.07. The molecule has 0 aliphatic heterocycles. The van der Waals surface area contributed by atoms with Crippen LogP contribution in [0.15, 0.2) is 0 Å². The second-order valence-corrected chi connectivity index (χ2v) is 27.6. The molecule has 35 heavy (non-hydrogen) atoms. The first-order valence-corrected chi connectivity index (χ1v) is 26.4. The molecule has 3 nitrogen and oxygen atoms in total. The van der Waals surface area contributed by atoms with Crippen molar-refractivity contribution in [2.75, 3.05) is 5.33 Å². The number of rotatable bonds is 19. The predicted molar refractivity (Wildman–Crippen MR) is 175 cm³/mol. The van der Waals surface area contributed by atoms with E-state index in [0.29, 0.717) is 18.3 Å². The van der Waals surface area contributed by atoms with Crippen molar-refractivity contribution >= 4 is 51.1 Å². The Hall–Kier alpha value is 1.23. The van der Waals surface area contributed by atoms with E-state index in [0.717, 1.165) is 5.92 Å². The maximum absolute atomic E-state index is 6.31. The van der Waals surface area contributed by atoms with Crippen molar-refractivity contribution in [3.05, 3.63) is 0 Å². The molecule has 0 bridgehead atoms. The van der Waals surface area contributed by atoms with Crippen LogP contribution < -0.4 is 0 Å². The lowest BCUT2D eigenvalue weighted by atomic mass is 9.96. The summed E-state index contributed by atoms with van der Waals surface area (Å²) in [6.45, 7) is 27.3. The normalized spacial score (nSPS) is 13.3. The Morgan fingerprint density at radius 2 is 0.914 bits per heavy atom. The van der Waals surface area contributed by atoms with Gasteiger partial charge in [-0.2, -0.15) is 0 Å². The summed E-state index contributed by atoms with van der Waals surface area (Å²) in [5, 5.41) is 1.19. The molecule has 0 rings (SSSR count). The second-order valence-electron chi connectivity index (χ2n) is 13.0. The first kappa shape index (κ1) is 38.4. The van der Waals surface area contributed by atoms with E-state index in [-0.39, 0.29) is 0 Å². The molecule has 0 saturated carbocycles. The number of hydrogen-bond donors (Lipinski definition) is 0. The highest BCUT2D eigenvalue weighted by Gasteiger charge is 2.28. The number of alkyl halides is 1. The molecule has 0 aliphatic rings. The zero-order valence-corrected chi connectivity index (χ0v) is 32.8. The van der Waals surface area contributed by atoms with E-state index < -0.39 is 25.0 Å². The Bertz CT molecular complexity index is 471. The van der Waals surface area contributed by atoms with Crippen molar-refractivity contribution in [2.24, 2.45) is 5.92 Å². The third kappa shape index (κ3) is 26.6. The van der Waals surface area contributed by atoms with Gasteiger partial charge in [0.2, 0.25) is 0 Å². The van der Waals surface area contributed by atoms with Crippen LogP contribution in [0.4, 0.5) is 0 Å². The van der Waals surface area contributed by atoms with E-state index in [1.807, 2.05) is 0 Å². The molecule has 8 heteroatoms. The fourth-order valence-electron chi connectivity index (χ4n) is 4.84. The lowest BCUT2D eigenvalue weighted by molar-refractivity contribution is 0.226. The molecule has 0 aromatic rings. The highest BCUT2D eigenvalue weighted by atomic mass is 79.9. The zero-order valence-electron chi connectivity index (χ0n) is 26.2. The van der Waals surface area contributed by atoms with Crippen molar-refractivity contribution in [3.63, 3.8) is 0 Å². The lowest BCUT2D eigenvalue weighted by Crippen LogP contribution is -2.34. The molecule has 0 spiro atoms. The average molecular weight is 630 g/mol. The summed E-state index contributed by atoms with van der Waals surface area (Å²) in [5.74, 6) is 0.820. The maximum atomic E-state index is 6.31. The van der Waals surface area contributed by atoms with Gasteiger partial charge < -0.3 is 13.3 Å². The molecule has 0 atom stereocenters. The number of hydrogen-bond acceptors (Lipinski definition) is 3. The predicted octanol–water partition coefficient (Wildman–Crippen LogP) is 9.00. The summed E-state index contributed by atoms with van der Waals surface area (Å²) in [6, 6.07) is 5.27. The summed E-state index contributed by atoms with van der Waals surface area (Å²) in [7, 11) is -3.23. The van der Waals surface area contributed by atoms with E-state index in [9.17, 15) is 0 Å². The van der Waals surface area contributed by atoms with Gasteiger partial charge in [-0.15, -0.1) is 0 Å². The van der Waals surface area contributed by atoms with Crippen LogP contribution in [0, 0.1) is 5.92 Å². The maximum Gasteiger partial charge on any atom is 0.187 e. The smallest absolute Gasteiger partial charge is 0.187 e. The Morgan fingerprint density at radius 3 is 1.17 bits per heavy atom. The zero-order chi connectivity index (χ0) is 27.7. The van der Waals surface area contributed by atoms with Crippen LogP contribution in [0.25, 0.3) is 0 Å². The van der Waals surface area contributed by atoms with E-state index >= 15 is 0 Å². The minimum atomic E-state index is -1.56. The van der Waals surface area contributed by atoms with E-state index in [1.54, 1.807) is 0 Å². The van der Waals surface area contributed by atoms with Gasteiger partial charge in [-0.3, -0.25) is 0 Å². The fraction of sp³-hybridized carbons (Fsp3) is 1.00. The Morgan fingerprint density at radius 1 is 0.571 bits per heavy atom. The van der Waals surface area contributed by atoms with Gasteiger partial charge in [0.1, 0.15) is 0 Å². The van der Waals surface area contributed by atoms with E-state index in [2.05, 4.69) is 96.8 Å². The monoisotopic (exact) mass is 628 g/mol. The second kappa shape index (κ2) is 20.2. The highest BCUT2D eigenvalue weighted by Crippen LogP contribution is 2.30. The molecule has 214 valence electrons. The van der Waals surface area contributed by atoms with Crippen molar-refractivity contribution in [1.82, 2.24) is 0 Å². The SMILES string of the molecule is CC(C)O[Si](C)(C)CCCC(CCC[Si](C)(C)OC(C)C)CC[Si](C)(C)OC(C)C.[SiH3]CCCBr. The molecule has 0 aliphatic carbocycles. The lowest BCUT2D eigenvalue weighted by Gasteiger charge is -2.30. The molecule has 0 unspecified atom stereocenters. The molecule has 0 heterocycles. The molecule has 0 fully saturated rings. The Kier molecular flexibility index (Phi) is 22.1. The van der Waals surface area contributed by atoms with Crippen LogP contribution in [-0.4, -0.2) is 58.8 Å². The quantitative estimate of drug-likeness (QED) is 0.105. The van der Waals surface area contributed by atoms with Crippen LogP contribution in [0.2, 0.25) is 63.5 Å². The molecule has 0 saturated heterocycles. The minimum absolute atomic E-state index is 0.352. The van der Waals surface area contributed by atoms with Crippen LogP contribution in [0.1, 0.15) is 80.1 Å². The van der Waals surface area contributed by atoms with Crippen molar-refractivity contribution in [2.45, 2.75) is 162 Å². The van der Waals surface area contributed by atoms with Crippen molar-refractivity contribution in [1.29, 1.82) is 0 Å². The van der Waals surface area contributed by atoms with Crippen molar-refractivity contribution in [3.8, 4) is 0 Å². The van der Waals surface area contributed by atoms with Crippen LogP contribution >= 0.6 is 15.9 Å². The Balaban J connectivity index is 0. The molecular weight excluding hydrogens is 565 g/mol. The summed E-state index contributed by atoms with van der Waals surface area (Å²) >= 11 is 3.33. The molecule has 0 aromatic heterocycles. The first-order chi connectivity index (χ1) is 15.9. The third-order valence-corrected chi connectivity index (χ3v) is 15.3. The van der Waals surface area contributed by atoms with Gasteiger partial charge in [-0.25, -0.2) is 0 Å². The van der Waals surface area contributed by atoms with Gasteiger partial charge in [0.25, 0.3) is 0 Å². The number of halogens is 1. The van der Waals surface area contributed by atoms with Gasteiger partial charge in [-0.05, 0) is 111 Å². The molecule has 0 aromatic carbocycles. The van der Waals surface area contributed by atoms with Crippen LogP contribution in [0.5, 0.6) is 0 Å². The minimum Gasteiger partial charge on any atom is -0.415 e. The van der Waals surface area contributed by atoms with Crippen molar-refractivity contribution < 1.29 is 13.3 Å². The van der Waals surface area contributed by atoms with Gasteiger partial charge >= 0.3 is 0 Å². The molecule has 0 N–H and O–H groups in total. The Labute approximate surface area is 236 Å². The van der Waals surface area contributed by atoms with Crippen LogP contribution in [0.3, 0.4) is 0 Å². The summed E-state index contributed by atoms with van der Waals surface area (Å²) in [5.41, 5.74) is 0. The van der Waals surface area contributed by atoms with E-state index in [4.69, 9.17) is 13.3 Å². The standard InChI is InChI=1S/C24H56O3Si3.C3H9BrSi/c1-21(2)25-28(7,8)18-13-15-24(17-20-30(11,12)27-23(5)6)16-14-19-29(9,10)26-22(3)4;4-2-1-3-5/h21-24H,13-20H2,1-12H3;1-3H2,5H3. The average Bonchev–Trinajstić information content (AvgIpc) is 2.63. The summed E-state index contributed by atoms with van der Waals surface area (Å²) < 4.78 is 18.8. The van der Waals surface area contributed by atoms with Gasteiger partial charge in [0.05, 0.1) is 0 Å². The van der Waals surface area contributed by atoms with E-state index in [1.165, 1.54) is 78.3 Å². The highest BCUT2D eigenvalue weighted by molar-refractivity contribution is 9.09. The molecular formula is C27H65BrO3Si4. The molecule has 0 amide bonds.